The molecule has 104 valence electrons. The van der Waals surface area contributed by atoms with Crippen LogP contribution < -0.4 is 5.32 Å². The van der Waals surface area contributed by atoms with E-state index in [0.717, 1.165) is 25.6 Å². The van der Waals surface area contributed by atoms with Crippen molar-refractivity contribution in [2.75, 3.05) is 19.6 Å². The summed E-state index contributed by atoms with van der Waals surface area (Å²) in [4.78, 5) is 13.9. The molecule has 0 aromatic heterocycles. The molecule has 3 nitrogen and oxygen atoms in total. The van der Waals surface area contributed by atoms with Gasteiger partial charge in [-0.15, -0.1) is 0 Å². The Morgan fingerprint density at radius 3 is 2.67 bits per heavy atom. The van der Waals surface area contributed by atoms with E-state index in [4.69, 9.17) is 0 Å². The number of nitrogens with one attached hydrogen (secondary N) is 1. The van der Waals surface area contributed by atoms with Gasteiger partial charge in [0.25, 0.3) is 0 Å². The van der Waals surface area contributed by atoms with Crippen LogP contribution in [-0.2, 0) is 4.79 Å². The Hall–Kier alpha value is -0.570. The molecule has 0 radical (unpaired) electrons. The molecule has 0 aromatic rings. The number of rotatable bonds is 4. The predicted octanol–water partition coefficient (Wildman–Crippen LogP) is 2.41. The second kappa shape index (κ2) is 6.55. The van der Waals surface area contributed by atoms with Crippen LogP contribution in [0.1, 0.15) is 52.4 Å². The summed E-state index contributed by atoms with van der Waals surface area (Å²) in [6.07, 6.45) is 7.48. The van der Waals surface area contributed by atoms with Crippen molar-refractivity contribution in [3.63, 3.8) is 0 Å². The third-order valence-electron chi connectivity index (χ3n) is 4.48. The van der Waals surface area contributed by atoms with E-state index in [1.807, 2.05) is 6.92 Å². The van der Waals surface area contributed by atoms with Gasteiger partial charge in [-0.25, -0.2) is 0 Å². The molecule has 1 amide bonds. The molecule has 0 aromatic carbocycles. The van der Waals surface area contributed by atoms with Crippen molar-refractivity contribution in [2.24, 2.45) is 11.8 Å². The number of carbonyl (C=O) groups excluding carboxylic acids is 1. The van der Waals surface area contributed by atoms with E-state index in [9.17, 15) is 4.79 Å². The third kappa shape index (κ3) is 3.71. The summed E-state index contributed by atoms with van der Waals surface area (Å²) in [6, 6.07) is 0.518. The van der Waals surface area contributed by atoms with Gasteiger partial charge < -0.3 is 10.2 Å². The van der Waals surface area contributed by atoms with Crippen molar-refractivity contribution < 1.29 is 4.79 Å². The monoisotopic (exact) mass is 252 g/mol. The van der Waals surface area contributed by atoms with E-state index < -0.39 is 0 Å². The van der Waals surface area contributed by atoms with Crippen LogP contribution in [0.2, 0.25) is 0 Å². The Labute approximate surface area is 111 Å². The summed E-state index contributed by atoms with van der Waals surface area (Å²) in [5.74, 6) is 1.84. The molecular weight excluding hydrogens is 224 g/mol. The molecule has 18 heavy (non-hydrogen) atoms. The number of nitrogens with zero attached hydrogens (tertiary/aromatic N) is 1. The summed E-state index contributed by atoms with van der Waals surface area (Å²) in [5, 5.41) is 3.71. The first-order valence-corrected chi connectivity index (χ1v) is 7.70. The predicted molar refractivity (Wildman–Crippen MR) is 74.4 cm³/mol. The Morgan fingerprint density at radius 1 is 1.28 bits per heavy atom. The molecule has 1 heterocycles. The summed E-state index contributed by atoms with van der Waals surface area (Å²) < 4.78 is 0. The van der Waals surface area contributed by atoms with E-state index in [0.29, 0.717) is 24.3 Å². The lowest BCUT2D eigenvalue weighted by atomic mass is 9.95. The van der Waals surface area contributed by atoms with Gasteiger partial charge in [0, 0.05) is 25.6 Å². The number of carbonyl (C=O) groups is 1. The van der Waals surface area contributed by atoms with Crippen molar-refractivity contribution in [1.82, 2.24) is 10.2 Å². The van der Waals surface area contributed by atoms with E-state index in [1.54, 1.807) is 0 Å². The maximum Gasteiger partial charge on any atom is 0.222 e. The molecule has 2 fully saturated rings. The molecule has 2 unspecified atom stereocenters. The number of hydrogen-bond donors (Lipinski definition) is 1. The maximum atomic E-state index is 11.8. The fourth-order valence-electron chi connectivity index (χ4n) is 3.47. The highest BCUT2D eigenvalue weighted by atomic mass is 16.2. The molecular formula is C15H28N2O. The zero-order valence-electron chi connectivity index (χ0n) is 12.0. The minimum Gasteiger partial charge on any atom is -0.341 e. The van der Waals surface area contributed by atoms with Crippen LogP contribution >= 0.6 is 0 Å². The van der Waals surface area contributed by atoms with Crippen LogP contribution in [0.4, 0.5) is 0 Å². The maximum absolute atomic E-state index is 11.8. The second-order valence-electron chi connectivity index (χ2n) is 6.25. The highest BCUT2D eigenvalue weighted by molar-refractivity contribution is 5.76. The molecule has 3 heteroatoms. The lowest BCUT2D eigenvalue weighted by Crippen LogP contribution is -2.51. The first-order chi connectivity index (χ1) is 8.69. The molecule has 2 rings (SSSR count). The van der Waals surface area contributed by atoms with Gasteiger partial charge in [0.15, 0.2) is 0 Å². The quantitative estimate of drug-likeness (QED) is 0.833. The average Bonchev–Trinajstić information content (AvgIpc) is 2.88. The van der Waals surface area contributed by atoms with Crippen molar-refractivity contribution in [1.29, 1.82) is 0 Å². The number of hydrogen-bond acceptors (Lipinski definition) is 2. The standard InChI is InChI=1S/C15H28N2O/c1-3-15(18)17-10-12(2)8-14(11-17)16-9-13-6-4-5-7-13/h12-14,16H,3-11H2,1-2H3. The van der Waals surface area contributed by atoms with E-state index in [2.05, 4.69) is 17.1 Å². The molecule has 2 atom stereocenters. The molecule has 0 spiro atoms. The average molecular weight is 252 g/mol. The lowest BCUT2D eigenvalue weighted by Gasteiger charge is -2.37. The van der Waals surface area contributed by atoms with Crippen molar-refractivity contribution in [3.05, 3.63) is 0 Å². The molecule has 1 saturated carbocycles. The van der Waals surface area contributed by atoms with E-state index in [-0.39, 0.29) is 0 Å². The highest BCUT2D eigenvalue weighted by Gasteiger charge is 2.27. The number of amides is 1. The summed E-state index contributed by atoms with van der Waals surface area (Å²) in [7, 11) is 0. The van der Waals surface area contributed by atoms with Gasteiger partial charge in [-0.1, -0.05) is 26.7 Å². The normalized spacial score (nSPS) is 29.8. The highest BCUT2D eigenvalue weighted by Crippen LogP contribution is 2.24. The zero-order valence-corrected chi connectivity index (χ0v) is 12.0. The Kier molecular flexibility index (Phi) is 5.04. The van der Waals surface area contributed by atoms with Gasteiger partial charge >= 0.3 is 0 Å². The Bertz CT molecular complexity index is 274. The van der Waals surface area contributed by atoms with E-state index >= 15 is 0 Å². The van der Waals surface area contributed by atoms with Crippen molar-refractivity contribution in [3.8, 4) is 0 Å². The largest absolute Gasteiger partial charge is 0.341 e. The van der Waals surface area contributed by atoms with Gasteiger partial charge in [-0.2, -0.15) is 0 Å². The van der Waals surface area contributed by atoms with Gasteiger partial charge in [0.1, 0.15) is 0 Å². The lowest BCUT2D eigenvalue weighted by molar-refractivity contribution is -0.133. The summed E-state index contributed by atoms with van der Waals surface area (Å²) >= 11 is 0. The third-order valence-corrected chi connectivity index (χ3v) is 4.48. The van der Waals surface area contributed by atoms with Gasteiger partial charge in [0.05, 0.1) is 0 Å². The Balaban J connectivity index is 1.78. The van der Waals surface area contributed by atoms with Crippen LogP contribution in [0.25, 0.3) is 0 Å². The minimum absolute atomic E-state index is 0.314. The molecule has 1 saturated heterocycles. The molecule has 1 aliphatic carbocycles. The molecule has 1 N–H and O–H groups in total. The van der Waals surface area contributed by atoms with E-state index in [1.165, 1.54) is 32.1 Å². The first-order valence-electron chi connectivity index (χ1n) is 7.70. The number of likely N-dealkylation sites (tertiary alicyclic amines) is 1. The SMILES string of the molecule is CCC(=O)N1CC(C)CC(NCC2CCCC2)C1. The van der Waals surface area contributed by atoms with Crippen molar-refractivity contribution >= 4 is 5.91 Å². The molecule has 2 aliphatic rings. The Morgan fingerprint density at radius 2 is 2.00 bits per heavy atom. The van der Waals surface area contributed by atoms with Crippen molar-refractivity contribution in [2.45, 2.75) is 58.4 Å². The topological polar surface area (TPSA) is 32.3 Å². The van der Waals surface area contributed by atoms with Gasteiger partial charge in [-0.05, 0) is 37.6 Å². The fraction of sp³-hybridized carbons (Fsp3) is 0.933. The van der Waals surface area contributed by atoms with Crippen LogP contribution in [-0.4, -0.2) is 36.5 Å². The van der Waals surface area contributed by atoms with Gasteiger partial charge in [-0.3, -0.25) is 4.79 Å². The van der Waals surface area contributed by atoms with Gasteiger partial charge in [0.2, 0.25) is 5.91 Å². The minimum atomic E-state index is 0.314. The summed E-state index contributed by atoms with van der Waals surface area (Å²) in [6.45, 7) is 7.26. The van der Waals surface area contributed by atoms with Crippen LogP contribution in [0.3, 0.4) is 0 Å². The number of piperidine rings is 1. The smallest absolute Gasteiger partial charge is 0.222 e. The first kappa shape index (κ1) is 13.9. The van der Waals surface area contributed by atoms with Crippen LogP contribution in [0.5, 0.6) is 0 Å². The summed E-state index contributed by atoms with van der Waals surface area (Å²) in [5.41, 5.74) is 0. The molecule has 0 bridgehead atoms. The van der Waals surface area contributed by atoms with Crippen LogP contribution in [0.15, 0.2) is 0 Å². The fourth-order valence-corrected chi connectivity index (χ4v) is 3.47. The molecule has 1 aliphatic heterocycles. The second-order valence-corrected chi connectivity index (χ2v) is 6.25. The van der Waals surface area contributed by atoms with Crippen LogP contribution in [0, 0.1) is 11.8 Å². The zero-order chi connectivity index (χ0) is 13.0.